The van der Waals surface area contributed by atoms with Crippen LogP contribution >= 0.6 is 0 Å². The number of nitrogens with zero attached hydrogens (tertiary/aromatic N) is 5. The van der Waals surface area contributed by atoms with E-state index in [4.69, 9.17) is 5.11 Å². The first-order valence-corrected chi connectivity index (χ1v) is 9.09. The van der Waals surface area contributed by atoms with Crippen molar-refractivity contribution in [1.82, 2.24) is 18.7 Å². The summed E-state index contributed by atoms with van der Waals surface area (Å²) in [4.78, 5) is 32.2. The molecule has 3 heterocycles. The molecule has 3 aromatic rings. The van der Waals surface area contributed by atoms with E-state index in [0.717, 1.165) is 12.2 Å². The molecule has 1 N–H and O–H groups in total. The maximum atomic E-state index is 13.0. The molecule has 142 valence electrons. The molecule has 0 amide bonds. The van der Waals surface area contributed by atoms with Crippen LogP contribution in [0.5, 0.6) is 0 Å². The fraction of sp³-hybridized carbons (Fsp3) is 0.421. The molecule has 0 aliphatic carbocycles. The van der Waals surface area contributed by atoms with E-state index in [-0.39, 0.29) is 18.7 Å². The average Bonchev–Trinajstić information content (AvgIpc) is 3.21. The number of fused-ring (bicyclic) bond motifs is 3. The second kappa shape index (κ2) is 6.38. The predicted octanol–water partition coefficient (Wildman–Crippen LogP) is 1.05. The number of aliphatic hydroxyl groups excluding tert-OH is 1. The highest BCUT2D eigenvalue weighted by Crippen LogP contribution is 2.32. The Labute approximate surface area is 155 Å². The van der Waals surface area contributed by atoms with E-state index < -0.39 is 5.69 Å². The molecule has 1 aromatic carbocycles. The first kappa shape index (κ1) is 17.5. The van der Waals surface area contributed by atoms with E-state index in [9.17, 15) is 9.59 Å². The Bertz CT molecular complexity index is 1150. The lowest BCUT2D eigenvalue weighted by molar-refractivity contribution is 0.277. The maximum Gasteiger partial charge on any atom is 0.332 e. The van der Waals surface area contributed by atoms with Crippen molar-refractivity contribution in [3.05, 3.63) is 50.2 Å². The Morgan fingerprint density at radius 1 is 1.15 bits per heavy atom. The van der Waals surface area contributed by atoms with Gasteiger partial charge in [-0.25, -0.2) is 4.79 Å². The van der Waals surface area contributed by atoms with Gasteiger partial charge in [0.25, 0.3) is 5.56 Å². The summed E-state index contributed by atoms with van der Waals surface area (Å²) < 4.78 is 4.49. The number of hydrogen-bond donors (Lipinski definition) is 1. The zero-order chi connectivity index (χ0) is 19.3. The number of aliphatic hydroxyl groups is 1. The van der Waals surface area contributed by atoms with Crippen molar-refractivity contribution in [2.45, 2.75) is 33.4 Å². The summed E-state index contributed by atoms with van der Waals surface area (Å²) in [5.41, 5.74) is 3.53. The molecule has 0 fully saturated rings. The fourth-order valence-corrected chi connectivity index (χ4v) is 3.64. The van der Waals surface area contributed by atoms with Gasteiger partial charge in [-0.1, -0.05) is 6.07 Å². The van der Waals surface area contributed by atoms with Crippen LogP contribution in [0.4, 0.5) is 11.6 Å². The van der Waals surface area contributed by atoms with E-state index >= 15 is 0 Å². The number of imidazole rings is 1. The summed E-state index contributed by atoms with van der Waals surface area (Å²) in [6.45, 7) is 5.62. The van der Waals surface area contributed by atoms with Crippen molar-refractivity contribution in [3.8, 4) is 0 Å². The number of benzene rings is 1. The largest absolute Gasteiger partial charge is 0.396 e. The monoisotopic (exact) mass is 369 g/mol. The molecule has 27 heavy (non-hydrogen) atoms. The van der Waals surface area contributed by atoms with Crippen LogP contribution in [0.1, 0.15) is 17.5 Å². The third kappa shape index (κ3) is 2.59. The van der Waals surface area contributed by atoms with Crippen LogP contribution < -0.4 is 16.1 Å². The first-order valence-electron chi connectivity index (χ1n) is 9.09. The third-order valence-electron chi connectivity index (χ3n) is 5.34. The number of aryl methyl sites for hydroxylation is 3. The molecule has 0 saturated carbocycles. The minimum absolute atomic E-state index is 0.0707. The van der Waals surface area contributed by atoms with Crippen LogP contribution in [0, 0.1) is 13.8 Å². The van der Waals surface area contributed by atoms with Gasteiger partial charge >= 0.3 is 5.69 Å². The second-order valence-electron chi connectivity index (χ2n) is 7.03. The van der Waals surface area contributed by atoms with Gasteiger partial charge in [0.15, 0.2) is 11.2 Å². The van der Waals surface area contributed by atoms with E-state index in [1.165, 1.54) is 20.3 Å². The molecule has 2 aromatic heterocycles. The average molecular weight is 369 g/mol. The van der Waals surface area contributed by atoms with E-state index in [1.807, 2.05) is 4.57 Å². The van der Waals surface area contributed by atoms with E-state index in [0.29, 0.717) is 30.1 Å². The molecule has 0 bridgehead atoms. The predicted molar refractivity (Wildman–Crippen MR) is 104 cm³/mol. The zero-order valence-electron chi connectivity index (χ0n) is 15.8. The van der Waals surface area contributed by atoms with Crippen LogP contribution in [0.25, 0.3) is 11.2 Å². The summed E-state index contributed by atoms with van der Waals surface area (Å²) >= 11 is 0. The number of anilines is 2. The summed E-state index contributed by atoms with van der Waals surface area (Å²) in [5.74, 6) is 0.681. The topological polar surface area (TPSA) is 85.3 Å². The SMILES string of the molecule is Cc1ccc(N2CCn3c2nc2c3c(=O)n(CCCO)c(=O)n2C)cc1C. The van der Waals surface area contributed by atoms with Crippen LogP contribution in [0.3, 0.4) is 0 Å². The lowest BCUT2D eigenvalue weighted by Gasteiger charge is -2.17. The Hall–Kier alpha value is -2.87. The molecule has 0 radical (unpaired) electrons. The van der Waals surface area contributed by atoms with Crippen LogP contribution in [0.2, 0.25) is 0 Å². The normalized spacial score (nSPS) is 13.6. The Morgan fingerprint density at radius 3 is 2.63 bits per heavy atom. The van der Waals surface area contributed by atoms with Gasteiger partial charge in [-0.15, -0.1) is 0 Å². The molecule has 0 unspecified atom stereocenters. The van der Waals surface area contributed by atoms with Gasteiger partial charge in [-0.2, -0.15) is 4.98 Å². The highest BCUT2D eigenvalue weighted by molar-refractivity contribution is 5.77. The van der Waals surface area contributed by atoms with Crippen molar-refractivity contribution in [2.75, 3.05) is 18.1 Å². The van der Waals surface area contributed by atoms with Gasteiger partial charge in [-0.05, 0) is 43.5 Å². The Morgan fingerprint density at radius 2 is 1.93 bits per heavy atom. The van der Waals surface area contributed by atoms with Crippen molar-refractivity contribution >= 4 is 22.8 Å². The quantitative estimate of drug-likeness (QED) is 0.743. The lowest BCUT2D eigenvalue weighted by Crippen LogP contribution is -2.39. The summed E-state index contributed by atoms with van der Waals surface area (Å²) in [7, 11) is 1.63. The number of hydrogen-bond acceptors (Lipinski definition) is 5. The molecule has 8 heteroatoms. The molecule has 0 saturated heterocycles. The van der Waals surface area contributed by atoms with Gasteiger partial charge in [0.05, 0.1) is 0 Å². The third-order valence-corrected chi connectivity index (χ3v) is 5.34. The minimum Gasteiger partial charge on any atom is -0.396 e. The highest BCUT2D eigenvalue weighted by Gasteiger charge is 2.28. The van der Waals surface area contributed by atoms with Gasteiger partial charge in [0.2, 0.25) is 5.95 Å². The number of aromatic nitrogens is 4. The van der Waals surface area contributed by atoms with Crippen molar-refractivity contribution in [1.29, 1.82) is 0 Å². The molecule has 0 spiro atoms. The lowest BCUT2D eigenvalue weighted by atomic mass is 10.1. The Balaban J connectivity index is 1.91. The second-order valence-corrected chi connectivity index (χ2v) is 7.03. The smallest absolute Gasteiger partial charge is 0.332 e. The van der Waals surface area contributed by atoms with Crippen LogP contribution in [-0.4, -0.2) is 36.9 Å². The van der Waals surface area contributed by atoms with Gasteiger partial charge in [0.1, 0.15) is 0 Å². The van der Waals surface area contributed by atoms with E-state index in [1.54, 1.807) is 7.05 Å². The van der Waals surface area contributed by atoms with E-state index in [2.05, 4.69) is 41.9 Å². The minimum atomic E-state index is -0.407. The summed E-state index contributed by atoms with van der Waals surface area (Å²) in [5, 5.41) is 9.06. The van der Waals surface area contributed by atoms with Gasteiger partial charge in [-0.3, -0.25) is 13.9 Å². The zero-order valence-corrected chi connectivity index (χ0v) is 15.8. The summed E-state index contributed by atoms with van der Waals surface area (Å²) in [6.07, 6.45) is 0.358. The van der Waals surface area contributed by atoms with Crippen molar-refractivity contribution in [2.24, 2.45) is 7.05 Å². The molecule has 8 nitrogen and oxygen atoms in total. The fourth-order valence-electron chi connectivity index (χ4n) is 3.64. The molecule has 4 rings (SSSR count). The van der Waals surface area contributed by atoms with Crippen molar-refractivity contribution < 1.29 is 5.11 Å². The molecule has 1 aliphatic heterocycles. The molecular weight excluding hydrogens is 346 g/mol. The Kier molecular flexibility index (Phi) is 4.15. The standard InChI is InChI=1S/C19H23N5O3/c1-12-5-6-14(11-13(12)2)22-8-9-23-15-16(20-18(22)23)21(3)19(27)24(17(15)26)7-4-10-25/h5-6,11,25H,4,7-10H2,1-3H3. The molecule has 1 aliphatic rings. The van der Waals surface area contributed by atoms with Gasteiger partial charge < -0.3 is 14.6 Å². The first-order chi connectivity index (χ1) is 12.9. The van der Waals surface area contributed by atoms with Gasteiger partial charge in [0, 0.05) is 39.0 Å². The van der Waals surface area contributed by atoms with Crippen LogP contribution in [0.15, 0.2) is 27.8 Å². The highest BCUT2D eigenvalue weighted by atomic mass is 16.3. The molecule has 0 atom stereocenters. The molecular formula is C19H23N5O3. The van der Waals surface area contributed by atoms with Crippen molar-refractivity contribution in [3.63, 3.8) is 0 Å². The van der Waals surface area contributed by atoms with Crippen LogP contribution in [-0.2, 0) is 20.1 Å². The number of rotatable bonds is 4. The maximum absolute atomic E-state index is 13.0. The summed E-state index contributed by atoms with van der Waals surface area (Å²) in [6, 6.07) is 6.24.